The zero-order chi connectivity index (χ0) is 17.8. The van der Waals surface area contributed by atoms with Crippen LogP contribution in [0.15, 0.2) is 18.5 Å². The number of methoxy groups -OCH3 is 1. The Bertz CT molecular complexity index is 766. The molecule has 0 aromatic carbocycles. The molecule has 1 aliphatic heterocycles. The summed E-state index contributed by atoms with van der Waals surface area (Å²) in [5, 5.41) is 9.92. The van der Waals surface area contributed by atoms with E-state index in [-0.39, 0.29) is 16.8 Å². The highest BCUT2D eigenvalue weighted by Gasteiger charge is 2.27. The molecule has 10 heteroatoms. The number of hydrogen-bond acceptors (Lipinski definition) is 7. The summed E-state index contributed by atoms with van der Waals surface area (Å²) in [5.41, 5.74) is 6.63. The Balaban J connectivity index is 1.80. The zero-order valence-corrected chi connectivity index (χ0v) is 14.4. The van der Waals surface area contributed by atoms with Gasteiger partial charge in [0.15, 0.2) is 5.82 Å². The fraction of sp³-hybridized carbons (Fsp3) is 0.400. The van der Waals surface area contributed by atoms with Crippen molar-refractivity contribution in [3.63, 3.8) is 0 Å². The Hall–Kier alpha value is -2.52. The molecule has 2 aromatic rings. The number of aromatic nitrogens is 3. The van der Waals surface area contributed by atoms with Crippen LogP contribution in [0.5, 0.6) is 5.75 Å². The second-order valence-corrected chi connectivity index (χ2v) is 6.05. The number of nitrogen functional groups attached to an aromatic ring is 1. The van der Waals surface area contributed by atoms with Crippen LogP contribution >= 0.6 is 11.6 Å². The van der Waals surface area contributed by atoms with Gasteiger partial charge in [0.25, 0.3) is 5.91 Å². The molecule has 0 aliphatic carbocycles. The van der Waals surface area contributed by atoms with Gasteiger partial charge in [-0.3, -0.25) is 9.78 Å². The van der Waals surface area contributed by atoms with Gasteiger partial charge in [0.2, 0.25) is 0 Å². The Morgan fingerprint density at radius 3 is 3.20 bits per heavy atom. The standard InChI is InChI=1S/C15H19ClN6O3/c1-24-4-5-25-11-2-3-18-7-10(11)20-15(23)12-13(17)21-22-8-9(16)6-19-14(12)22/h2-3,7,9,19H,4-6,8H2,1H3,(H2,17,21)(H,20,23). The number of fused-ring (bicyclic) bond motifs is 1. The molecule has 0 saturated carbocycles. The molecule has 1 unspecified atom stereocenters. The minimum Gasteiger partial charge on any atom is -0.489 e. The number of nitrogens with one attached hydrogen (secondary N) is 2. The van der Waals surface area contributed by atoms with Crippen LogP contribution in [0, 0.1) is 0 Å². The van der Waals surface area contributed by atoms with Crippen molar-refractivity contribution in [3.05, 3.63) is 24.0 Å². The molecule has 0 spiro atoms. The summed E-state index contributed by atoms with van der Waals surface area (Å²) in [4.78, 5) is 16.7. The molecular formula is C15H19ClN6O3. The van der Waals surface area contributed by atoms with Crippen LogP contribution in [0.4, 0.5) is 17.3 Å². The number of anilines is 3. The molecule has 0 saturated heterocycles. The maximum Gasteiger partial charge on any atom is 0.263 e. The summed E-state index contributed by atoms with van der Waals surface area (Å²) in [6.07, 6.45) is 3.09. The number of hydrogen-bond donors (Lipinski definition) is 3. The summed E-state index contributed by atoms with van der Waals surface area (Å²) in [6, 6.07) is 1.67. The van der Waals surface area contributed by atoms with Gasteiger partial charge in [0.1, 0.15) is 29.4 Å². The predicted octanol–water partition coefficient (Wildman–Crippen LogP) is 1.17. The molecule has 3 heterocycles. The monoisotopic (exact) mass is 366 g/mol. The van der Waals surface area contributed by atoms with Gasteiger partial charge in [-0.05, 0) is 0 Å². The van der Waals surface area contributed by atoms with Gasteiger partial charge in [0, 0.05) is 25.9 Å². The molecule has 0 fully saturated rings. The fourth-order valence-electron chi connectivity index (χ4n) is 2.50. The number of carbonyl (C=O) groups is 1. The maximum atomic E-state index is 12.7. The second-order valence-electron chi connectivity index (χ2n) is 5.44. The molecule has 4 N–H and O–H groups in total. The summed E-state index contributed by atoms with van der Waals surface area (Å²) in [6.45, 7) is 1.81. The van der Waals surface area contributed by atoms with Crippen LogP contribution in [0.1, 0.15) is 10.4 Å². The molecule has 9 nitrogen and oxygen atoms in total. The van der Waals surface area contributed by atoms with Crippen LogP contribution in [-0.4, -0.2) is 52.9 Å². The van der Waals surface area contributed by atoms with Gasteiger partial charge in [-0.25, -0.2) is 4.68 Å². The van der Waals surface area contributed by atoms with E-state index in [1.54, 1.807) is 24.1 Å². The average Bonchev–Trinajstić information content (AvgIpc) is 2.91. The molecule has 1 atom stereocenters. The van der Waals surface area contributed by atoms with Gasteiger partial charge in [-0.15, -0.1) is 11.6 Å². The van der Waals surface area contributed by atoms with Crippen molar-refractivity contribution in [1.82, 2.24) is 14.8 Å². The van der Waals surface area contributed by atoms with E-state index >= 15 is 0 Å². The van der Waals surface area contributed by atoms with Crippen molar-refractivity contribution in [2.75, 3.05) is 43.2 Å². The SMILES string of the molecule is COCCOc1ccncc1NC(=O)c1c(N)nn2c1NCC(Cl)C2. The highest BCUT2D eigenvalue weighted by atomic mass is 35.5. The van der Waals surface area contributed by atoms with Gasteiger partial charge < -0.3 is 25.8 Å². The minimum atomic E-state index is -0.399. The highest BCUT2D eigenvalue weighted by Crippen LogP contribution is 2.29. The zero-order valence-electron chi connectivity index (χ0n) is 13.7. The van der Waals surface area contributed by atoms with Crippen molar-refractivity contribution < 1.29 is 14.3 Å². The molecule has 134 valence electrons. The van der Waals surface area contributed by atoms with E-state index in [0.29, 0.717) is 43.6 Å². The van der Waals surface area contributed by atoms with Crippen molar-refractivity contribution >= 4 is 34.8 Å². The van der Waals surface area contributed by atoms with E-state index in [1.165, 1.54) is 6.20 Å². The molecule has 1 aliphatic rings. The third-order valence-corrected chi connectivity index (χ3v) is 3.94. The quantitative estimate of drug-likeness (QED) is 0.519. The van der Waals surface area contributed by atoms with Gasteiger partial charge >= 0.3 is 0 Å². The molecule has 1 amide bonds. The molecule has 2 aromatic heterocycles. The van der Waals surface area contributed by atoms with Crippen LogP contribution in [0.25, 0.3) is 0 Å². The average molecular weight is 367 g/mol. The van der Waals surface area contributed by atoms with Crippen LogP contribution in [0.2, 0.25) is 0 Å². The first-order valence-electron chi connectivity index (χ1n) is 7.71. The summed E-state index contributed by atoms with van der Waals surface area (Å²) >= 11 is 6.10. The van der Waals surface area contributed by atoms with Gasteiger partial charge in [0.05, 0.1) is 24.7 Å². The predicted molar refractivity (Wildman–Crippen MR) is 94.3 cm³/mol. The smallest absolute Gasteiger partial charge is 0.263 e. The molecule has 3 rings (SSSR count). The van der Waals surface area contributed by atoms with Gasteiger partial charge in [-0.1, -0.05) is 0 Å². The van der Waals surface area contributed by atoms with Crippen LogP contribution in [-0.2, 0) is 11.3 Å². The number of alkyl halides is 1. The summed E-state index contributed by atoms with van der Waals surface area (Å²) in [5.74, 6) is 0.784. The second kappa shape index (κ2) is 7.58. The molecule has 0 radical (unpaired) electrons. The molecule has 0 bridgehead atoms. The molecular weight excluding hydrogens is 348 g/mol. The van der Waals surface area contributed by atoms with Crippen molar-refractivity contribution in [1.29, 1.82) is 0 Å². The Morgan fingerprint density at radius 1 is 1.56 bits per heavy atom. The lowest BCUT2D eigenvalue weighted by Gasteiger charge is -2.21. The number of pyridine rings is 1. The van der Waals surface area contributed by atoms with E-state index in [1.807, 2.05) is 0 Å². The Morgan fingerprint density at radius 2 is 2.40 bits per heavy atom. The summed E-state index contributed by atoms with van der Waals surface area (Å²) < 4.78 is 12.1. The third-order valence-electron chi connectivity index (χ3n) is 3.64. The minimum absolute atomic E-state index is 0.109. The van der Waals surface area contributed by atoms with Crippen LogP contribution < -0.4 is 21.1 Å². The van der Waals surface area contributed by atoms with Crippen molar-refractivity contribution in [2.45, 2.75) is 11.9 Å². The first-order valence-corrected chi connectivity index (χ1v) is 8.15. The number of ether oxygens (including phenoxy) is 2. The van der Waals surface area contributed by atoms with Crippen molar-refractivity contribution in [3.8, 4) is 5.75 Å². The van der Waals surface area contributed by atoms with E-state index in [9.17, 15) is 4.79 Å². The first-order chi connectivity index (χ1) is 12.1. The van der Waals surface area contributed by atoms with Crippen molar-refractivity contribution in [2.24, 2.45) is 0 Å². The fourth-order valence-corrected chi connectivity index (χ4v) is 2.70. The highest BCUT2D eigenvalue weighted by molar-refractivity contribution is 6.21. The van der Waals surface area contributed by atoms with E-state index in [2.05, 4.69) is 20.7 Å². The van der Waals surface area contributed by atoms with Crippen LogP contribution in [0.3, 0.4) is 0 Å². The topological polar surface area (TPSA) is 116 Å². The molecule has 25 heavy (non-hydrogen) atoms. The number of rotatable bonds is 6. The number of nitrogens with zero attached hydrogens (tertiary/aromatic N) is 3. The largest absolute Gasteiger partial charge is 0.489 e. The lowest BCUT2D eigenvalue weighted by atomic mass is 10.2. The van der Waals surface area contributed by atoms with E-state index in [0.717, 1.165) is 0 Å². The third kappa shape index (κ3) is 3.77. The number of carbonyl (C=O) groups excluding carboxylic acids is 1. The first kappa shape index (κ1) is 17.3. The van der Waals surface area contributed by atoms with E-state index < -0.39 is 5.91 Å². The maximum absolute atomic E-state index is 12.7. The lowest BCUT2D eigenvalue weighted by Crippen LogP contribution is -2.29. The Labute approximate surface area is 149 Å². The number of nitrogens with two attached hydrogens (primary N) is 1. The Kier molecular flexibility index (Phi) is 5.25. The van der Waals surface area contributed by atoms with Gasteiger partial charge in [-0.2, -0.15) is 5.10 Å². The van der Waals surface area contributed by atoms with E-state index in [4.69, 9.17) is 26.8 Å². The number of amides is 1. The lowest BCUT2D eigenvalue weighted by molar-refractivity contribution is 0.102. The number of halogens is 1. The normalized spacial score (nSPS) is 16.0. The summed E-state index contributed by atoms with van der Waals surface area (Å²) in [7, 11) is 1.59.